The number of nitrogens with zero attached hydrogens (tertiary/aromatic N) is 4. The van der Waals surface area contributed by atoms with Gasteiger partial charge in [-0.3, -0.25) is 9.69 Å². The van der Waals surface area contributed by atoms with E-state index in [4.69, 9.17) is 14.7 Å². The molecule has 12 heteroatoms. The fraction of sp³-hybridized carbons (Fsp3) is 0.368. The molecule has 3 rings (SSSR count). The van der Waals surface area contributed by atoms with Crippen LogP contribution in [0.3, 0.4) is 0 Å². The first-order chi connectivity index (χ1) is 14.9. The third-order valence-corrected chi connectivity index (χ3v) is 4.56. The number of aromatic nitrogens is 1. The van der Waals surface area contributed by atoms with Gasteiger partial charge in [0.1, 0.15) is 18.0 Å². The Morgan fingerprint density at radius 1 is 1.29 bits per heavy atom. The van der Waals surface area contributed by atoms with E-state index in [0.29, 0.717) is 24.5 Å². The van der Waals surface area contributed by atoms with Crippen molar-refractivity contribution < 1.29 is 28.2 Å². The van der Waals surface area contributed by atoms with Crippen molar-refractivity contribution in [2.24, 2.45) is 0 Å². The molecule has 0 aliphatic carbocycles. The molecule has 0 radical (unpaired) electrons. The van der Waals surface area contributed by atoms with Gasteiger partial charge >= 0.3 is 17.7 Å². The van der Waals surface area contributed by atoms with Crippen molar-refractivity contribution in [1.29, 1.82) is 10.5 Å². The number of halogens is 1. The second-order valence-electron chi connectivity index (χ2n) is 6.59. The van der Waals surface area contributed by atoms with Crippen LogP contribution in [0.2, 0.25) is 0 Å². The molecule has 2 N–H and O–H groups in total. The summed E-state index contributed by atoms with van der Waals surface area (Å²) in [6.07, 6.45) is -0.746. The van der Waals surface area contributed by atoms with Crippen LogP contribution in [-0.4, -0.2) is 71.9 Å². The zero-order chi connectivity index (χ0) is 22.4. The van der Waals surface area contributed by atoms with Gasteiger partial charge in [-0.05, 0) is 12.1 Å². The van der Waals surface area contributed by atoms with E-state index < -0.39 is 42.4 Å². The fourth-order valence-corrected chi connectivity index (χ4v) is 3.13. The van der Waals surface area contributed by atoms with Crippen molar-refractivity contribution in [3.8, 4) is 12.1 Å². The van der Waals surface area contributed by atoms with E-state index >= 15 is 0 Å². The molecule has 0 aromatic carbocycles. The predicted molar refractivity (Wildman–Crippen MR) is 100 cm³/mol. The van der Waals surface area contributed by atoms with Crippen molar-refractivity contribution in [2.45, 2.75) is 18.0 Å². The first-order valence-electron chi connectivity index (χ1n) is 9.18. The van der Waals surface area contributed by atoms with Crippen LogP contribution in [0.5, 0.6) is 0 Å². The third-order valence-electron chi connectivity index (χ3n) is 4.56. The number of nitrogens with one attached hydrogen (secondary N) is 2. The minimum Gasteiger partial charge on any atom is -0.448 e. The van der Waals surface area contributed by atoms with Gasteiger partial charge in [0.2, 0.25) is 12.0 Å². The SMILES string of the molecule is N#Cc1ccc(NCCNCC(=O)N2C[C@H](F)C3OC(=O)/C=C\C(=O)O[C@@]32C#N)nc1. The molecule has 1 unspecified atom stereocenters. The van der Waals surface area contributed by atoms with Gasteiger partial charge in [0.15, 0.2) is 6.17 Å². The molecule has 0 bridgehead atoms. The summed E-state index contributed by atoms with van der Waals surface area (Å²) >= 11 is 0. The third kappa shape index (κ3) is 4.60. The topological polar surface area (TPSA) is 157 Å². The van der Waals surface area contributed by atoms with Gasteiger partial charge in [-0.25, -0.2) is 19.0 Å². The predicted octanol–water partition coefficient (Wildman–Crippen LogP) is -0.620. The molecule has 2 aliphatic rings. The summed E-state index contributed by atoms with van der Waals surface area (Å²) in [5.74, 6) is -2.26. The van der Waals surface area contributed by atoms with Crippen LogP contribution in [0, 0.1) is 22.7 Å². The number of pyridine rings is 1. The number of hydrogen-bond donors (Lipinski definition) is 2. The summed E-state index contributed by atoms with van der Waals surface area (Å²) < 4.78 is 24.5. The van der Waals surface area contributed by atoms with Gasteiger partial charge in [-0.15, -0.1) is 0 Å². The maximum Gasteiger partial charge on any atom is 0.334 e. The summed E-state index contributed by atoms with van der Waals surface area (Å²) in [5, 5.41) is 24.2. The number of esters is 2. The number of fused-ring (bicyclic) bond motifs is 1. The van der Waals surface area contributed by atoms with E-state index in [1.165, 1.54) is 6.20 Å². The largest absolute Gasteiger partial charge is 0.448 e. The highest BCUT2D eigenvalue weighted by molar-refractivity contribution is 5.93. The number of ether oxygens (including phenoxy) is 2. The number of anilines is 1. The molecular weight excluding hydrogens is 411 g/mol. The van der Waals surface area contributed by atoms with Crippen molar-refractivity contribution in [1.82, 2.24) is 15.2 Å². The average molecular weight is 428 g/mol. The second kappa shape index (κ2) is 9.19. The van der Waals surface area contributed by atoms with Gasteiger partial charge < -0.3 is 20.1 Å². The quantitative estimate of drug-likeness (QED) is 0.442. The van der Waals surface area contributed by atoms with Gasteiger partial charge in [0.05, 0.1) is 18.7 Å². The number of carbonyl (C=O) groups is 3. The molecule has 2 aliphatic heterocycles. The Balaban J connectivity index is 1.58. The number of hydrogen-bond acceptors (Lipinski definition) is 10. The van der Waals surface area contributed by atoms with Crippen molar-refractivity contribution in [2.75, 3.05) is 31.5 Å². The summed E-state index contributed by atoms with van der Waals surface area (Å²) in [7, 11) is 0. The fourth-order valence-electron chi connectivity index (χ4n) is 3.13. The van der Waals surface area contributed by atoms with E-state index in [1.54, 1.807) is 18.2 Å². The Kier molecular flexibility index (Phi) is 6.43. The van der Waals surface area contributed by atoms with Crippen LogP contribution >= 0.6 is 0 Å². The lowest BCUT2D eigenvalue weighted by Crippen LogP contribution is -2.58. The number of rotatable bonds is 6. The first kappa shape index (κ1) is 21.7. The minimum absolute atomic E-state index is 0.285. The van der Waals surface area contributed by atoms with Crippen LogP contribution in [0.15, 0.2) is 30.5 Å². The monoisotopic (exact) mass is 428 g/mol. The van der Waals surface area contributed by atoms with Gasteiger partial charge in [0, 0.05) is 31.4 Å². The summed E-state index contributed by atoms with van der Waals surface area (Å²) in [6.45, 7) is -0.179. The summed E-state index contributed by atoms with van der Waals surface area (Å²) in [5.41, 5.74) is -1.97. The molecule has 1 aromatic rings. The van der Waals surface area contributed by atoms with E-state index in [2.05, 4.69) is 15.6 Å². The molecule has 0 saturated carbocycles. The molecule has 1 saturated heterocycles. The van der Waals surface area contributed by atoms with Gasteiger partial charge in [-0.1, -0.05) is 0 Å². The highest BCUT2D eigenvalue weighted by Gasteiger charge is 2.62. The van der Waals surface area contributed by atoms with Crippen molar-refractivity contribution in [3.63, 3.8) is 0 Å². The lowest BCUT2D eigenvalue weighted by molar-refractivity contribution is -0.192. The molecule has 1 aromatic heterocycles. The lowest BCUT2D eigenvalue weighted by Gasteiger charge is -2.34. The van der Waals surface area contributed by atoms with E-state index in [9.17, 15) is 24.0 Å². The van der Waals surface area contributed by atoms with E-state index in [0.717, 1.165) is 17.1 Å². The summed E-state index contributed by atoms with van der Waals surface area (Å²) in [4.78, 5) is 41.0. The Labute approximate surface area is 176 Å². The normalized spacial score (nSPS) is 25.7. The number of amides is 1. The molecule has 160 valence electrons. The number of alkyl halides is 1. The Hall–Kier alpha value is -4.03. The molecule has 11 nitrogen and oxygen atoms in total. The standard InChI is InChI=1S/C19H17FN6O5/c20-13-10-26(19(11-22)18(13)30-16(28)3-4-17(29)31-19)15(27)9-23-5-6-24-14-2-1-12(7-21)8-25-14/h1-4,8,13,18,23H,5-6,9-10H2,(H,24,25)/b4-3-/t13-,18?,19-/m0/s1. The number of carbonyl (C=O) groups excluding carboxylic acids is 3. The molecule has 3 heterocycles. The Bertz CT molecular complexity index is 985. The first-order valence-corrected chi connectivity index (χ1v) is 9.18. The number of nitriles is 2. The maximum atomic E-state index is 14.5. The maximum absolute atomic E-state index is 14.5. The van der Waals surface area contributed by atoms with E-state index in [1.807, 2.05) is 6.07 Å². The molecule has 1 amide bonds. The van der Waals surface area contributed by atoms with Crippen molar-refractivity contribution in [3.05, 3.63) is 36.0 Å². The minimum atomic E-state index is -2.39. The van der Waals surface area contributed by atoms with E-state index in [-0.39, 0.29) is 6.54 Å². The van der Waals surface area contributed by atoms with Crippen LogP contribution in [0.1, 0.15) is 5.56 Å². The van der Waals surface area contributed by atoms with Gasteiger partial charge in [-0.2, -0.15) is 10.5 Å². The second-order valence-corrected chi connectivity index (χ2v) is 6.59. The zero-order valence-electron chi connectivity index (χ0n) is 16.1. The van der Waals surface area contributed by atoms with Crippen LogP contribution in [0.4, 0.5) is 10.2 Å². The molecule has 1 fully saturated rings. The van der Waals surface area contributed by atoms with Crippen molar-refractivity contribution >= 4 is 23.7 Å². The Morgan fingerprint density at radius 2 is 2.06 bits per heavy atom. The molecular formula is C19H17FN6O5. The average Bonchev–Trinajstić information content (AvgIpc) is 3.02. The highest BCUT2D eigenvalue weighted by Crippen LogP contribution is 2.36. The lowest BCUT2D eigenvalue weighted by atomic mass is 10.1. The Morgan fingerprint density at radius 3 is 2.74 bits per heavy atom. The molecule has 31 heavy (non-hydrogen) atoms. The van der Waals surface area contributed by atoms with Crippen LogP contribution in [-0.2, 0) is 23.9 Å². The molecule has 3 atom stereocenters. The molecule has 0 spiro atoms. The van der Waals surface area contributed by atoms with Crippen LogP contribution < -0.4 is 10.6 Å². The van der Waals surface area contributed by atoms with Crippen LogP contribution in [0.25, 0.3) is 0 Å². The summed E-state index contributed by atoms with van der Waals surface area (Å²) in [6, 6.07) is 6.82. The zero-order valence-corrected chi connectivity index (χ0v) is 16.1. The van der Waals surface area contributed by atoms with Gasteiger partial charge in [0.25, 0.3) is 0 Å². The number of likely N-dealkylation sites (tertiary alicyclic amines) is 1. The smallest absolute Gasteiger partial charge is 0.334 e. The highest BCUT2D eigenvalue weighted by atomic mass is 19.1.